The minimum Gasteiger partial charge on any atom is -0.288 e. The molecule has 0 saturated heterocycles. The third kappa shape index (κ3) is 1.25. The summed E-state index contributed by atoms with van der Waals surface area (Å²) in [7, 11) is 0. The van der Waals surface area contributed by atoms with Crippen LogP contribution in [-0.2, 0) is 0 Å². The summed E-state index contributed by atoms with van der Waals surface area (Å²) in [6, 6.07) is 4.01. The Kier molecular flexibility index (Phi) is 2.13. The minimum absolute atomic E-state index is 0.196. The van der Waals surface area contributed by atoms with Crippen molar-refractivity contribution < 1.29 is 4.79 Å². The van der Waals surface area contributed by atoms with Gasteiger partial charge in [-0.25, -0.2) is 0 Å². The first kappa shape index (κ1) is 10.00. The smallest absolute Gasteiger partial charge is 0.196 e. The van der Waals surface area contributed by atoms with E-state index in [-0.39, 0.29) is 5.78 Å². The average molecular weight is 246 g/mol. The van der Waals surface area contributed by atoms with Crippen LogP contribution < -0.4 is 0 Å². The molecular weight excluding hydrogens is 236 g/mol. The van der Waals surface area contributed by atoms with E-state index in [1.807, 2.05) is 25.1 Å². The Balaban J connectivity index is 2.23. The van der Waals surface area contributed by atoms with Crippen LogP contribution in [0.2, 0.25) is 0 Å². The number of thiophene rings is 2. The molecule has 2 aromatic heterocycles. The van der Waals surface area contributed by atoms with Crippen molar-refractivity contribution >= 4 is 34.5 Å². The molecule has 16 heavy (non-hydrogen) atoms. The monoisotopic (exact) mass is 246 g/mol. The Hall–Kier alpha value is -1.19. The first-order valence-electron chi connectivity index (χ1n) is 5.12. The summed E-state index contributed by atoms with van der Waals surface area (Å²) in [5.74, 6) is 0.196. The summed E-state index contributed by atoms with van der Waals surface area (Å²) in [5, 5.41) is 0. The molecule has 0 saturated carbocycles. The predicted molar refractivity (Wildman–Crippen MR) is 70.5 cm³/mol. The zero-order chi connectivity index (χ0) is 11.3. The maximum absolute atomic E-state index is 12.1. The summed E-state index contributed by atoms with van der Waals surface area (Å²) in [6.07, 6.45) is 4.06. The van der Waals surface area contributed by atoms with Crippen molar-refractivity contribution in [1.29, 1.82) is 0 Å². The molecule has 3 rings (SSSR count). The van der Waals surface area contributed by atoms with Crippen LogP contribution in [0.4, 0.5) is 0 Å². The van der Waals surface area contributed by atoms with Gasteiger partial charge in [0.25, 0.3) is 0 Å². The van der Waals surface area contributed by atoms with Gasteiger partial charge >= 0.3 is 0 Å². The Morgan fingerprint density at radius 1 is 1.12 bits per heavy atom. The molecule has 0 radical (unpaired) electrons. The summed E-state index contributed by atoms with van der Waals surface area (Å²) >= 11 is 3.43. The number of hydrogen-bond donors (Lipinski definition) is 0. The molecule has 0 amide bonds. The zero-order valence-corrected chi connectivity index (χ0v) is 10.7. The Labute approximate surface area is 102 Å². The van der Waals surface area contributed by atoms with Gasteiger partial charge in [-0.3, -0.25) is 4.79 Å². The molecule has 0 bridgehead atoms. The number of hydrogen-bond acceptors (Lipinski definition) is 3. The summed E-state index contributed by atoms with van der Waals surface area (Å²) in [4.78, 5) is 16.8. The maximum Gasteiger partial charge on any atom is 0.196 e. The highest BCUT2D eigenvalue weighted by atomic mass is 32.1. The lowest BCUT2D eigenvalue weighted by Gasteiger charge is -1.87. The number of allylic oxidation sites excluding steroid dienone is 1. The largest absolute Gasteiger partial charge is 0.288 e. The third-order valence-corrected chi connectivity index (χ3v) is 4.95. The Morgan fingerprint density at radius 3 is 2.56 bits per heavy atom. The predicted octanol–water partition coefficient (Wildman–Crippen LogP) is 4.36. The fourth-order valence-corrected chi connectivity index (χ4v) is 4.28. The van der Waals surface area contributed by atoms with E-state index in [1.165, 1.54) is 9.75 Å². The molecule has 2 aromatic rings. The third-order valence-electron chi connectivity index (χ3n) is 2.63. The highest BCUT2D eigenvalue weighted by Gasteiger charge is 2.30. The van der Waals surface area contributed by atoms with E-state index in [0.717, 1.165) is 20.9 Å². The molecule has 80 valence electrons. The second kappa shape index (κ2) is 3.40. The first-order chi connectivity index (χ1) is 7.70. The van der Waals surface area contributed by atoms with E-state index >= 15 is 0 Å². The van der Waals surface area contributed by atoms with Crippen LogP contribution in [0.3, 0.4) is 0 Å². The maximum atomic E-state index is 12.1. The molecule has 0 atom stereocenters. The molecule has 0 spiro atoms. The molecule has 1 nitrogen and oxygen atoms in total. The van der Waals surface area contributed by atoms with Gasteiger partial charge in [-0.2, -0.15) is 0 Å². The van der Waals surface area contributed by atoms with Crippen molar-refractivity contribution in [3.05, 3.63) is 39.1 Å². The standard InChI is InChI=1S/C13H10OS2/c1-3-4-8-6-10-11(14)9-5-7(2)15-12(9)13(10)16-8/h3-6H,1-2H3/b4-3+. The number of carbonyl (C=O) groups excluding carboxylic acids is 1. The van der Waals surface area contributed by atoms with Crippen molar-refractivity contribution in [2.24, 2.45) is 0 Å². The van der Waals surface area contributed by atoms with Crippen LogP contribution >= 0.6 is 22.7 Å². The van der Waals surface area contributed by atoms with Crippen LogP contribution in [0.5, 0.6) is 0 Å². The quantitative estimate of drug-likeness (QED) is 0.623. The SMILES string of the molecule is C/C=C/c1cc2c(s1)-c1sc(C)cc1C2=O. The van der Waals surface area contributed by atoms with Gasteiger partial charge in [-0.05, 0) is 32.1 Å². The van der Waals surface area contributed by atoms with E-state index in [9.17, 15) is 4.79 Å². The minimum atomic E-state index is 0.196. The molecule has 1 aliphatic carbocycles. The van der Waals surface area contributed by atoms with E-state index in [4.69, 9.17) is 0 Å². The topological polar surface area (TPSA) is 17.1 Å². The summed E-state index contributed by atoms with van der Waals surface area (Å²) in [5.41, 5.74) is 1.79. The Bertz CT molecular complexity index is 614. The van der Waals surface area contributed by atoms with Gasteiger partial charge in [-0.1, -0.05) is 6.08 Å². The number of fused-ring (bicyclic) bond motifs is 3. The molecule has 0 fully saturated rings. The molecule has 0 aliphatic heterocycles. The number of ketones is 1. The normalized spacial score (nSPS) is 13.5. The Morgan fingerprint density at radius 2 is 1.81 bits per heavy atom. The lowest BCUT2D eigenvalue weighted by molar-refractivity contribution is 0.104. The molecule has 0 aromatic carbocycles. The summed E-state index contributed by atoms with van der Waals surface area (Å²) < 4.78 is 0. The van der Waals surface area contributed by atoms with Crippen molar-refractivity contribution in [1.82, 2.24) is 0 Å². The lowest BCUT2D eigenvalue weighted by atomic mass is 10.2. The fraction of sp³-hybridized carbons (Fsp3) is 0.154. The summed E-state index contributed by atoms with van der Waals surface area (Å²) in [6.45, 7) is 4.05. The van der Waals surface area contributed by atoms with E-state index < -0.39 is 0 Å². The van der Waals surface area contributed by atoms with E-state index in [1.54, 1.807) is 22.7 Å². The molecule has 3 heteroatoms. The van der Waals surface area contributed by atoms with Crippen molar-refractivity contribution in [3.63, 3.8) is 0 Å². The van der Waals surface area contributed by atoms with Gasteiger partial charge in [0.2, 0.25) is 0 Å². The van der Waals surface area contributed by atoms with Crippen LogP contribution in [0.15, 0.2) is 18.2 Å². The van der Waals surface area contributed by atoms with Gasteiger partial charge in [-0.15, -0.1) is 22.7 Å². The van der Waals surface area contributed by atoms with Gasteiger partial charge in [0.05, 0.1) is 9.75 Å². The molecular formula is C13H10OS2. The average Bonchev–Trinajstić information content (AvgIpc) is 2.85. The van der Waals surface area contributed by atoms with Crippen molar-refractivity contribution in [3.8, 4) is 9.75 Å². The van der Waals surface area contributed by atoms with Crippen molar-refractivity contribution in [2.45, 2.75) is 13.8 Å². The first-order valence-corrected chi connectivity index (χ1v) is 6.76. The number of aryl methyl sites for hydroxylation is 1. The van der Waals surface area contributed by atoms with E-state index in [2.05, 4.69) is 13.0 Å². The molecule has 0 N–H and O–H groups in total. The molecule has 2 heterocycles. The van der Waals surface area contributed by atoms with Gasteiger partial charge in [0.15, 0.2) is 5.78 Å². The lowest BCUT2D eigenvalue weighted by Crippen LogP contribution is -1.92. The second-order valence-corrected chi connectivity index (χ2v) is 6.16. The number of carbonyl (C=O) groups is 1. The second-order valence-electron chi connectivity index (χ2n) is 3.82. The highest BCUT2D eigenvalue weighted by molar-refractivity contribution is 7.23. The molecule has 0 unspecified atom stereocenters. The fourth-order valence-electron chi connectivity index (χ4n) is 1.99. The van der Waals surface area contributed by atoms with Crippen LogP contribution in [-0.4, -0.2) is 5.78 Å². The zero-order valence-electron chi connectivity index (χ0n) is 9.03. The van der Waals surface area contributed by atoms with E-state index in [0.29, 0.717) is 0 Å². The van der Waals surface area contributed by atoms with Gasteiger partial charge < -0.3 is 0 Å². The van der Waals surface area contributed by atoms with Gasteiger partial charge in [0, 0.05) is 20.9 Å². The van der Waals surface area contributed by atoms with Crippen molar-refractivity contribution in [2.75, 3.05) is 0 Å². The van der Waals surface area contributed by atoms with Crippen LogP contribution in [0.1, 0.15) is 32.6 Å². The van der Waals surface area contributed by atoms with Crippen LogP contribution in [0, 0.1) is 6.92 Å². The number of rotatable bonds is 1. The van der Waals surface area contributed by atoms with Crippen LogP contribution in [0.25, 0.3) is 15.8 Å². The van der Waals surface area contributed by atoms with Gasteiger partial charge in [0.1, 0.15) is 0 Å². The molecule has 1 aliphatic rings. The highest BCUT2D eigenvalue weighted by Crippen LogP contribution is 2.46.